The van der Waals surface area contributed by atoms with Gasteiger partial charge in [-0.15, -0.1) is 0 Å². The third kappa shape index (κ3) is 4.94. The predicted octanol–water partition coefficient (Wildman–Crippen LogP) is 2.70. The molecule has 0 saturated heterocycles. The third-order valence-corrected chi connectivity index (χ3v) is 5.70. The van der Waals surface area contributed by atoms with Gasteiger partial charge < -0.3 is 10.4 Å². The number of primary sulfonamides is 1. The van der Waals surface area contributed by atoms with E-state index in [0.29, 0.717) is 19.5 Å². The molecule has 0 fully saturated rings. The molecule has 0 unspecified atom stereocenters. The molecule has 4 N–H and O–H groups in total. The molecule has 148 valence electrons. The van der Waals surface area contributed by atoms with Gasteiger partial charge in [-0.1, -0.05) is 43.3 Å². The van der Waals surface area contributed by atoms with Gasteiger partial charge in [-0.2, -0.15) is 0 Å². The lowest BCUT2D eigenvalue weighted by molar-refractivity contribution is 0.167. The number of hydrogen-bond acceptors (Lipinski definition) is 5. The fourth-order valence-corrected chi connectivity index (χ4v) is 3.79. The van der Waals surface area contributed by atoms with Gasteiger partial charge in [0.05, 0.1) is 16.7 Å². The Morgan fingerprint density at radius 2 is 1.89 bits per heavy atom. The Hall–Kier alpha value is -2.32. The van der Waals surface area contributed by atoms with E-state index in [1.807, 2.05) is 30.3 Å². The SMILES string of the molecule is C[C@H](CNCC[C@@H](O)c1ccccc1)c1nccc2cc(S(N)(=O)=O)ccc12. The number of sulfonamides is 1. The maximum atomic E-state index is 11.6. The highest BCUT2D eigenvalue weighted by Crippen LogP contribution is 2.25. The molecule has 1 aromatic heterocycles. The molecule has 0 saturated carbocycles. The molecule has 28 heavy (non-hydrogen) atoms. The molecule has 0 radical (unpaired) electrons. The summed E-state index contributed by atoms with van der Waals surface area (Å²) in [5.41, 5.74) is 1.81. The van der Waals surface area contributed by atoms with Crippen molar-refractivity contribution >= 4 is 20.8 Å². The first-order valence-corrected chi connectivity index (χ1v) is 10.8. The van der Waals surface area contributed by atoms with Crippen LogP contribution in [0.4, 0.5) is 0 Å². The molecule has 7 heteroatoms. The van der Waals surface area contributed by atoms with Gasteiger partial charge in [0, 0.05) is 24.0 Å². The normalized spacial score (nSPS) is 14.1. The van der Waals surface area contributed by atoms with E-state index in [4.69, 9.17) is 5.14 Å². The van der Waals surface area contributed by atoms with Crippen LogP contribution in [0.3, 0.4) is 0 Å². The van der Waals surface area contributed by atoms with E-state index in [9.17, 15) is 13.5 Å². The minimum Gasteiger partial charge on any atom is -0.388 e. The van der Waals surface area contributed by atoms with Gasteiger partial charge in [0.15, 0.2) is 0 Å². The van der Waals surface area contributed by atoms with Crippen LogP contribution in [-0.4, -0.2) is 31.6 Å². The lowest BCUT2D eigenvalue weighted by Gasteiger charge is -2.16. The van der Waals surface area contributed by atoms with E-state index in [1.54, 1.807) is 24.4 Å². The lowest BCUT2D eigenvalue weighted by Crippen LogP contribution is -2.23. The molecule has 0 spiro atoms. The van der Waals surface area contributed by atoms with E-state index in [1.165, 1.54) is 6.07 Å². The first-order chi connectivity index (χ1) is 13.4. The Balaban J connectivity index is 1.63. The van der Waals surface area contributed by atoms with Crippen LogP contribution in [0.5, 0.6) is 0 Å². The van der Waals surface area contributed by atoms with Crippen LogP contribution >= 0.6 is 0 Å². The van der Waals surface area contributed by atoms with Crippen molar-refractivity contribution in [2.75, 3.05) is 13.1 Å². The minimum absolute atomic E-state index is 0.0952. The first-order valence-electron chi connectivity index (χ1n) is 9.21. The van der Waals surface area contributed by atoms with Gasteiger partial charge >= 0.3 is 0 Å². The number of rotatable bonds is 8. The van der Waals surface area contributed by atoms with Crippen LogP contribution in [0, 0.1) is 0 Å². The van der Waals surface area contributed by atoms with Crippen LogP contribution in [0.1, 0.15) is 36.6 Å². The fourth-order valence-electron chi connectivity index (χ4n) is 3.24. The van der Waals surface area contributed by atoms with Gasteiger partial charge in [-0.25, -0.2) is 13.6 Å². The van der Waals surface area contributed by atoms with Crippen LogP contribution in [0.15, 0.2) is 65.7 Å². The van der Waals surface area contributed by atoms with Gasteiger partial charge in [-0.3, -0.25) is 4.98 Å². The summed E-state index contributed by atoms with van der Waals surface area (Å²) < 4.78 is 23.1. The number of fused-ring (bicyclic) bond motifs is 1. The van der Waals surface area contributed by atoms with Gasteiger partial charge in [0.1, 0.15) is 0 Å². The maximum Gasteiger partial charge on any atom is 0.238 e. The van der Waals surface area contributed by atoms with Crippen molar-refractivity contribution < 1.29 is 13.5 Å². The second-order valence-corrected chi connectivity index (χ2v) is 8.51. The van der Waals surface area contributed by atoms with Crippen LogP contribution in [-0.2, 0) is 10.0 Å². The number of nitrogens with zero attached hydrogens (tertiary/aromatic N) is 1. The Labute approximate surface area is 165 Å². The monoisotopic (exact) mass is 399 g/mol. The highest BCUT2D eigenvalue weighted by atomic mass is 32.2. The Kier molecular flexibility index (Phi) is 6.41. The largest absolute Gasteiger partial charge is 0.388 e. The second kappa shape index (κ2) is 8.79. The molecule has 0 bridgehead atoms. The summed E-state index contributed by atoms with van der Waals surface area (Å²) in [6.45, 7) is 3.45. The zero-order valence-corrected chi connectivity index (χ0v) is 16.6. The summed E-state index contributed by atoms with van der Waals surface area (Å²) in [5.74, 6) is 0.123. The Morgan fingerprint density at radius 1 is 1.14 bits per heavy atom. The molecular formula is C21H25N3O3S. The summed E-state index contributed by atoms with van der Waals surface area (Å²) in [6.07, 6.45) is 1.81. The van der Waals surface area contributed by atoms with Gasteiger partial charge in [-0.05, 0) is 42.1 Å². The molecule has 6 nitrogen and oxygen atoms in total. The molecule has 1 heterocycles. The molecule has 3 aromatic rings. The van der Waals surface area contributed by atoms with Crippen molar-refractivity contribution in [3.8, 4) is 0 Å². The molecule has 0 aliphatic heterocycles. The average molecular weight is 400 g/mol. The highest BCUT2D eigenvalue weighted by Gasteiger charge is 2.14. The average Bonchev–Trinajstić information content (AvgIpc) is 2.70. The topological polar surface area (TPSA) is 105 Å². The number of benzene rings is 2. The maximum absolute atomic E-state index is 11.6. The molecule has 2 aromatic carbocycles. The highest BCUT2D eigenvalue weighted by molar-refractivity contribution is 7.89. The molecule has 0 aliphatic rings. The zero-order chi connectivity index (χ0) is 20.1. The first kappa shape index (κ1) is 20.4. The van der Waals surface area contributed by atoms with E-state index in [0.717, 1.165) is 22.0 Å². The van der Waals surface area contributed by atoms with Gasteiger partial charge in [0.2, 0.25) is 10.0 Å². The summed E-state index contributed by atoms with van der Waals surface area (Å²) in [5, 5.41) is 20.5. The smallest absolute Gasteiger partial charge is 0.238 e. The van der Waals surface area contributed by atoms with E-state index in [-0.39, 0.29) is 10.8 Å². The number of nitrogens with two attached hydrogens (primary N) is 1. The van der Waals surface area contributed by atoms with Crippen molar-refractivity contribution in [2.45, 2.75) is 30.3 Å². The summed E-state index contributed by atoms with van der Waals surface area (Å²) in [4.78, 5) is 4.59. The van der Waals surface area contributed by atoms with Crippen molar-refractivity contribution in [2.24, 2.45) is 5.14 Å². The quantitative estimate of drug-likeness (QED) is 0.505. The van der Waals surface area contributed by atoms with Crippen LogP contribution in [0.25, 0.3) is 10.8 Å². The molecule has 2 atom stereocenters. The predicted molar refractivity (Wildman–Crippen MR) is 110 cm³/mol. The van der Waals surface area contributed by atoms with E-state index < -0.39 is 16.1 Å². The van der Waals surface area contributed by atoms with E-state index >= 15 is 0 Å². The lowest BCUT2D eigenvalue weighted by atomic mass is 10.0. The Morgan fingerprint density at radius 3 is 2.61 bits per heavy atom. The molecular weight excluding hydrogens is 374 g/mol. The van der Waals surface area contributed by atoms with Crippen LogP contribution in [0.2, 0.25) is 0 Å². The zero-order valence-electron chi connectivity index (χ0n) is 15.7. The Bertz CT molecular complexity index is 1040. The minimum atomic E-state index is -3.73. The standard InChI is InChI=1S/C21H25N3O3S/c1-15(14-23-11-10-20(25)16-5-3-2-4-6-16)21-19-8-7-18(28(22,26)27)13-17(19)9-12-24-21/h2-9,12-13,15,20,23,25H,10-11,14H2,1H3,(H2,22,26,27)/t15-,20-/m1/s1. The van der Waals surface area contributed by atoms with Crippen LogP contribution < -0.4 is 10.5 Å². The number of aliphatic hydroxyl groups excluding tert-OH is 1. The third-order valence-electron chi connectivity index (χ3n) is 4.79. The van der Waals surface area contributed by atoms with Crippen molar-refractivity contribution in [3.05, 3.63) is 72.1 Å². The van der Waals surface area contributed by atoms with Crippen molar-refractivity contribution in [1.82, 2.24) is 10.3 Å². The van der Waals surface area contributed by atoms with Crippen molar-refractivity contribution in [1.29, 1.82) is 0 Å². The molecule has 3 rings (SSSR count). The number of aromatic nitrogens is 1. The fraction of sp³-hybridized carbons (Fsp3) is 0.286. The summed E-state index contributed by atoms with van der Waals surface area (Å²) >= 11 is 0. The number of nitrogens with one attached hydrogen (secondary N) is 1. The summed E-state index contributed by atoms with van der Waals surface area (Å²) in [6, 6.07) is 16.2. The summed E-state index contributed by atoms with van der Waals surface area (Å²) in [7, 11) is -3.73. The second-order valence-electron chi connectivity index (χ2n) is 6.94. The molecule has 0 amide bonds. The van der Waals surface area contributed by atoms with E-state index in [2.05, 4.69) is 17.2 Å². The van der Waals surface area contributed by atoms with Crippen molar-refractivity contribution in [3.63, 3.8) is 0 Å². The number of pyridine rings is 1. The molecule has 0 aliphatic carbocycles. The number of hydrogen-bond donors (Lipinski definition) is 3. The number of aliphatic hydroxyl groups is 1. The van der Waals surface area contributed by atoms with Gasteiger partial charge in [0.25, 0.3) is 0 Å².